The number of pyridine rings is 1. The summed E-state index contributed by atoms with van der Waals surface area (Å²) in [7, 11) is 0. The molecule has 2 aromatic carbocycles. The number of fused-ring (bicyclic) bond motifs is 1. The summed E-state index contributed by atoms with van der Waals surface area (Å²) in [6.07, 6.45) is 6.19. The molecule has 0 spiro atoms. The van der Waals surface area contributed by atoms with Crippen LogP contribution in [-0.4, -0.2) is 16.9 Å². The molecule has 0 aliphatic heterocycles. The van der Waals surface area contributed by atoms with Crippen molar-refractivity contribution in [3.05, 3.63) is 64.8 Å². The molecular weight excluding hydrogens is 382 g/mol. The second kappa shape index (κ2) is 8.42. The number of nitrogens with zero attached hydrogens (tertiary/aromatic N) is 1. The molecular formula is C24H26ClN3O. The Labute approximate surface area is 176 Å². The van der Waals surface area contributed by atoms with E-state index >= 15 is 0 Å². The third-order valence-electron chi connectivity index (χ3n) is 5.75. The van der Waals surface area contributed by atoms with E-state index in [-0.39, 0.29) is 11.9 Å². The summed E-state index contributed by atoms with van der Waals surface area (Å²) in [6, 6.07) is 14.0. The van der Waals surface area contributed by atoms with Crippen molar-refractivity contribution >= 4 is 39.8 Å². The first-order chi connectivity index (χ1) is 14.0. The maximum Gasteiger partial charge on any atom is 0.253 e. The highest BCUT2D eigenvalue weighted by atomic mass is 35.5. The van der Waals surface area contributed by atoms with Gasteiger partial charge in [0.1, 0.15) is 5.82 Å². The molecule has 1 saturated carbocycles. The molecule has 1 amide bonds. The first kappa shape index (κ1) is 19.7. The second-order valence-electron chi connectivity index (χ2n) is 8.10. The van der Waals surface area contributed by atoms with Gasteiger partial charge in [0.15, 0.2) is 0 Å². The Balaban J connectivity index is 1.62. The quantitative estimate of drug-likeness (QED) is 0.537. The van der Waals surface area contributed by atoms with E-state index in [4.69, 9.17) is 11.6 Å². The molecule has 1 aliphatic rings. The largest absolute Gasteiger partial charge is 0.349 e. The molecule has 0 saturated heterocycles. The first-order valence-corrected chi connectivity index (χ1v) is 10.6. The highest BCUT2D eigenvalue weighted by molar-refractivity contribution is 6.31. The number of carbonyl (C=O) groups is 1. The van der Waals surface area contributed by atoms with E-state index in [0.717, 1.165) is 34.9 Å². The summed E-state index contributed by atoms with van der Waals surface area (Å²) < 4.78 is 0. The lowest BCUT2D eigenvalue weighted by Crippen LogP contribution is -2.38. The second-order valence-corrected chi connectivity index (χ2v) is 8.50. The summed E-state index contributed by atoms with van der Waals surface area (Å²) in [5, 5.41) is 9.07. The monoisotopic (exact) mass is 407 g/mol. The van der Waals surface area contributed by atoms with Gasteiger partial charge in [-0.3, -0.25) is 4.79 Å². The number of aryl methyl sites for hydroxylation is 1. The normalized spacial score (nSPS) is 19.1. The molecule has 1 aromatic heterocycles. The van der Waals surface area contributed by atoms with Crippen LogP contribution in [0.1, 0.15) is 48.5 Å². The molecule has 1 fully saturated rings. The van der Waals surface area contributed by atoms with Gasteiger partial charge in [-0.2, -0.15) is 0 Å². The molecule has 2 unspecified atom stereocenters. The smallest absolute Gasteiger partial charge is 0.253 e. The van der Waals surface area contributed by atoms with Crippen molar-refractivity contribution in [2.45, 2.75) is 45.6 Å². The standard InChI is InChI=1S/C24H26ClN3O/c1-15-6-5-7-17(12-15)28-24(29)21-14-26-23(20-9-4-3-8-19(20)21)27-18-11-10-16(2)22(25)13-18/h3-4,8-11,13-15,17H,5-7,12H2,1-2H3,(H,26,27)(H,28,29). The number of anilines is 2. The van der Waals surface area contributed by atoms with Crippen molar-refractivity contribution in [2.24, 2.45) is 5.92 Å². The van der Waals surface area contributed by atoms with E-state index in [1.807, 2.05) is 49.4 Å². The first-order valence-electron chi connectivity index (χ1n) is 10.2. The summed E-state index contributed by atoms with van der Waals surface area (Å²) in [4.78, 5) is 17.6. The van der Waals surface area contributed by atoms with Crippen molar-refractivity contribution in [2.75, 3.05) is 5.32 Å². The minimum Gasteiger partial charge on any atom is -0.349 e. The molecule has 4 rings (SSSR count). The molecule has 0 bridgehead atoms. The van der Waals surface area contributed by atoms with Crippen molar-refractivity contribution in [1.29, 1.82) is 0 Å². The fraction of sp³-hybridized carbons (Fsp3) is 0.333. The zero-order chi connectivity index (χ0) is 20.4. The molecule has 3 aromatic rings. The van der Waals surface area contributed by atoms with Gasteiger partial charge in [0, 0.05) is 28.3 Å². The highest BCUT2D eigenvalue weighted by Gasteiger charge is 2.22. The van der Waals surface area contributed by atoms with E-state index in [1.165, 1.54) is 12.8 Å². The summed E-state index contributed by atoms with van der Waals surface area (Å²) in [6.45, 7) is 4.23. The van der Waals surface area contributed by atoms with Crippen LogP contribution in [0.25, 0.3) is 10.8 Å². The number of rotatable bonds is 4. The van der Waals surface area contributed by atoms with Crippen LogP contribution in [0.15, 0.2) is 48.7 Å². The topological polar surface area (TPSA) is 54.0 Å². The molecule has 2 N–H and O–H groups in total. The maximum atomic E-state index is 13.0. The molecule has 2 atom stereocenters. The highest BCUT2D eigenvalue weighted by Crippen LogP contribution is 2.29. The van der Waals surface area contributed by atoms with Crippen LogP contribution in [0, 0.1) is 12.8 Å². The molecule has 29 heavy (non-hydrogen) atoms. The number of amides is 1. The van der Waals surface area contributed by atoms with E-state index in [0.29, 0.717) is 22.3 Å². The number of hydrogen-bond acceptors (Lipinski definition) is 3. The van der Waals surface area contributed by atoms with Crippen LogP contribution in [0.3, 0.4) is 0 Å². The molecule has 1 aliphatic carbocycles. The number of benzene rings is 2. The van der Waals surface area contributed by atoms with Gasteiger partial charge in [-0.25, -0.2) is 4.98 Å². The van der Waals surface area contributed by atoms with Crippen LogP contribution in [0.5, 0.6) is 0 Å². The zero-order valence-electron chi connectivity index (χ0n) is 16.8. The average Bonchev–Trinajstić information content (AvgIpc) is 2.71. The van der Waals surface area contributed by atoms with Gasteiger partial charge in [0.25, 0.3) is 5.91 Å². The van der Waals surface area contributed by atoms with Crippen molar-refractivity contribution < 1.29 is 4.79 Å². The summed E-state index contributed by atoms with van der Waals surface area (Å²) in [5.74, 6) is 1.33. The lowest BCUT2D eigenvalue weighted by atomic mass is 9.87. The van der Waals surface area contributed by atoms with E-state index in [2.05, 4.69) is 22.5 Å². The van der Waals surface area contributed by atoms with Gasteiger partial charge >= 0.3 is 0 Å². The Morgan fingerprint density at radius 1 is 1.14 bits per heavy atom. The third-order valence-corrected chi connectivity index (χ3v) is 6.15. The van der Waals surface area contributed by atoms with Gasteiger partial charge in [0.2, 0.25) is 0 Å². The Hall–Kier alpha value is -2.59. The summed E-state index contributed by atoms with van der Waals surface area (Å²) in [5.41, 5.74) is 2.51. The number of hydrogen-bond donors (Lipinski definition) is 2. The minimum absolute atomic E-state index is 0.0438. The van der Waals surface area contributed by atoms with Gasteiger partial charge < -0.3 is 10.6 Å². The molecule has 1 heterocycles. The van der Waals surface area contributed by atoms with Crippen LogP contribution in [0.2, 0.25) is 5.02 Å². The molecule has 150 valence electrons. The average molecular weight is 408 g/mol. The molecule has 0 radical (unpaired) electrons. The number of nitrogens with one attached hydrogen (secondary N) is 2. The number of aromatic nitrogens is 1. The van der Waals surface area contributed by atoms with Gasteiger partial charge in [-0.1, -0.05) is 61.7 Å². The van der Waals surface area contributed by atoms with Crippen LogP contribution < -0.4 is 10.6 Å². The SMILES string of the molecule is Cc1ccc(Nc2ncc(C(=O)NC3CCCC(C)C3)c3ccccc23)cc1Cl. The third kappa shape index (κ3) is 4.38. The van der Waals surface area contributed by atoms with Gasteiger partial charge in [-0.05, 0) is 48.8 Å². The van der Waals surface area contributed by atoms with Crippen molar-refractivity contribution in [3.63, 3.8) is 0 Å². The Morgan fingerprint density at radius 3 is 2.69 bits per heavy atom. The number of halogens is 1. The van der Waals surface area contributed by atoms with E-state index in [9.17, 15) is 4.79 Å². The van der Waals surface area contributed by atoms with Gasteiger partial charge in [-0.15, -0.1) is 0 Å². The lowest BCUT2D eigenvalue weighted by Gasteiger charge is -2.27. The van der Waals surface area contributed by atoms with Crippen LogP contribution in [-0.2, 0) is 0 Å². The zero-order valence-corrected chi connectivity index (χ0v) is 17.6. The predicted molar refractivity (Wildman–Crippen MR) is 120 cm³/mol. The van der Waals surface area contributed by atoms with E-state index < -0.39 is 0 Å². The Bertz CT molecular complexity index is 1050. The van der Waals surface area contributed by atoms with E-state index in [1.54, 1.807) is 6.20 Å². The Morgan fingerprint density at radius 2 is 1.93 bits per heavy atom. The van der Waals surface area contributed by atoms with Gasteiger partial charge in [0.05, 0.1) is 5.56 Å². The molecule has 4 nitrogen and oxygen atoms in total. The fourth-order valence-electron chi connectivity index (χ4n) is 4.11. The lowest BCUT2D eigenvalue weighted by molar-refractivity contribution is 0.0923. The van der Waals surface area contributed by atoms with Crippen LogP contribution >= 0.6 is 11.6 Å². The van der Waals surface area contributed by atoms with Crippen molar-refractivity contribution in [1.82, 2.24) is 10.3 Å². The van der Waals surface area contributed by atoms with Crippen molar-refractivity contribution in [3.8, 4) is 0 Å². The van der Waals surface area contributed by atoms with Crippen LogP contribution in [0.4, 0.5) is 11.5 Å². The molecule has 5 heteroatoms. The maximum absolute atomic E-state index is 13.0. The Kier molecular flexibility index (Phi) is 5.72. The summed E-state index contributed by atoms with van der Waals surface area (Å²) >= 11 is 6.25. The predicted octanol–water partition coefficient (Wildman–Crippen LogP) is 6.25. The number of carbonyl (C=O) groups excluding carboxylic acids is 1. The fourth-order valence-corrected chi connectivity index (χ4v) is 4.29. The minimum atomic E-state index is -0.0438.